The van der Waals surface area contributed by atoms with E-state index in [0.29, 0.717) is 13.2 Å². The smallest absolute Gasteiger partial charge is 0.409 e. The van der Waals surface area contributed by atoms with Crippen LogP contribution in [-0.2, 0) is 4.74 Å². The minimum atomic E-state index is -0.279. The number of hydrogen-bond acceptors (Lipinski definition) is 3. The Balaban J connectivity index is 3.56. The average Bonchev–Trinajstić information content (AvgIpc) is 2.00. The van der Waals surface area contributed by atoms with Crippen molar-refractivity contribution >= 4 is 6.09 Å². The van der Waals surface area contributed by atoms with Crippen molar-refractivity contribution in [3.63, 3.8) is 0 Å². The summed E-state index contributed by atoms with van der Waals surface area (Å²) in [5, 5.41) is 0. The Labute approximate surface area is 73.7 Å². The van der Waals surface area contributed by atoms with E-state index < -0.39 is 0 Å². The van der Waals surface area contributed by atoms with Crippen molar-refractivity contribution in [2.75, 3.05) is 20.2 Å². The molecule has 72 valence electrons. The molecule has 1 unspecified atom stereocenters. The Morgan fingerprint density at radius 2 is 2.25 bits per heavy atom. The molecule has 0 bridgehead atoms. The highest BCUT2D eigenvalue weighted by atomic mass is 16.5. The van der Waals surface area contributed by atoms with E-state index in [2.05, 4.69) is 0 Å². The van der Waals surface area contributed by atoms with Crippen molar-refractivity contribution in [3.8, 4) is 0 Å². The molecule has 0 saturated carbocycles. The van der Waals surface area contributed by atoms with Gasteiger partial charge in [0.05, 0.1) is 6.61 Å². The minimum Gasteiger partial charge on any atom is -0.450 e. The number of carbonyl (C=O) groups excluding carboxylic acids is 1. The van der Waals surface area contributed by atoms with Crippen LogP contribution < -0.4 is 5.73 Å². The maximum Gasteiger partial charge on any atom is 0.409 e. The average molecular weight is 174 g/mol. The maximum atomic E-state index is 11.0. The lowest BCUT2D eigenvalue weighted by molar-refractivity contribution is 0.115. The number of rotatable bonds is 4. The first-order valence-electron chi connectivity index (χ1n) is 4.21. The van der Waals surface area contributed by atoms with Crippen molar-refractivity contribution in [3.05, 3.63) is 0 Å². The monoisotopic (exact) mass is 174 g/mol. The SMILES string of the molecule is CCOC(=O)N(C)CCC(C)N. The molecule has 4 nitrogen and oxygen atoms in total. The number of amides is 1. The fourth-order valence-electron chi connectivity index (χ4n) is 0.722. The molecule has 0 aliphatic carbocycles. The van der Waals surface area contributed by atoms with Crippen LogP contribution in [0.1, 0.15) is 20.3 Å². The predicted molar refractivity (Wildman–Crippen MR) is 47.9 cm³/mol. The summed E-state index contributed by atoms with van der Waals surface area (Å²) in [5.41, 5.74) is 5.54. The lowest BCUT2D eigenvalue weighted by Gasteiger charge is -2.17. The molecule has 4 heteroatoms. The molecule has 2 N–H and O–H groups in total. The molecule has 0 saturated heterocycles. The van der Waals surface area contributed by atoms with Gasteiger partial charge in [0.2, 0.25) is 0 Å². The van der Waals surface area contributed by atoms with Gasteiger partial charge in [0.25, 0.3) is 0 Å². The summed E-state index contributed by atoms with van der Waals surface area (Å²) >= 11 is 0. The van der Waals surface area contributed by atoms with Gasteiger partial charge in [-0.3, -0.25) is 0 Å². The van der Waals surface area contributed by atoms with Gasteiger partial charge in [-0.1, -0.05) is 0 Å². The zero-order valence-electron chi connectivity index (χ0n) is 8.04. The van der Waals surface area contributed by atoms with Gasteiger partial charge in [0, 0.05) is 19.6 Å². The third-order valence-electron chi connectivity index (χ3n) is 1.50. The van der Waals surface area contributed by atoms with Crippen LogP contribution in [0.25, 0.3) is 0 Å². The van der Waals surface area contributed by atoms with Gasteiger partial charge < -0.3 is 15.4 Å². The van der Waals surface area contributed by atoms with Crippen molar-refractivity contribution in [1.29, 1.82) is 0 Å². The zero-order valence-corrected chi connectivity index (χ0v) is 8.04. The van der Waals surface area contributed by atoms with Crippen LogP contribution in [0.3, 0.4) is 0 Å². The number of carbonyl (C=O) groups is 1. The summed E-state index contributed by atoms with van der Waals surface area (Å²) in [6.07, 6.45) is 0.521. The Morgan fingerprint density at radius 3 is 2.67 bits per heavy atom. The molecule has 0 spiro atoms. The van der Waals surface area contributed by atoms with Crippen LogP contribution in [0.2, 0.25) is 0 Å². The number of ether oxygens (including phenoxy) is 1. The molecule has 0 radical (unpaired) electrons. The van der Waals surface area contributed by atoms with Crippen molar-refractivity contribution in [1.82, 2.24) is 4.90 Å². The molecule has 0 heterocycles. The Morgan fingerprint density at radius 1 is 1.67 bits per heavy atom. The van der Waals surface area contributed by atoms with E-state index >= 15 is 0 Å². The van der Waals surface area contributed by atoms with Crippen LogP contribution in [0.4, 0.5) is 4.79 Å². The molecule has 0 aromatic carbocycles. The predicted octanol–water partition coefficient (Wildman–Crippen LogP) is 0.812. The topological polar surface area (TPSA) is 55.6 Å². The zero-order chi connectivity index (χ0) is 9.56. The second-order valence-corrected chi connectivity index (χ2v) is 2.89. The van der Waals surface area contributed by atoms with Gasteiger partial charge in [0.1, 0.15) is 0 Å². The first kappa shape index (κ1) is 11.2. The first-order valence-corrected chi connectivity index (χ1v) is 4.21. The van der Waals surface area contributed by atoms with Crippen molar-refractivity contribution in [2.45, 2.75) is 26.3 Å². The molecule has 0 rings (SSSR count). The Kier molecular flexibility index (Phi) is 5.45. The lowest BCUT2D eigenvalue weighted by atomic mass is 10.2. The van der Waals surface area contributed by atoms with Gasteiger partial charge >= 0.3 is 6.09 Å². The lowest BCUT2D eigenvalue weighted by Crippen LogP contribution is -2.31. The molecular formula is C8H18N2O2. The molecule has 12 heavy (non-hydrogen) atoms. The highest BCUT2D eigenvalue weighted by Gasteiger charge is 2.08. The molecule has 0 aromatic heterocycles. The highest BCUT2D eigenvalue weighted by molar-refractivity contribution is 5.67. The quantitative estimate of drug-likeness (QED) is 0.686. The molecular weight excluding hydrogens is 156 g/mol. The van der Waals surface area contributed by atoms with Crippen molar-refractivity contribution in [2.24, 2.45) is 5.73 Å². The Hall–Kier alpha value is -0.770. The van der Waals surface area contributed by atoms with E-state index in [9.17, 15) is 4.79 Å². The van der Waals surface area contributed by atoms with Gasteiger partial charge in [-0.25, -0.2) is 4.79 Å². The molecule has 0 aliphatic heterocycles. The van der Waals surface area contributed by atoms with Gasteiger partial charge in [-0.05, 0) is 20.3 Å². The summed E-state index contributed by atoms with van der Waals surface area (Å²) in [4.78, 5) is 12.6. The van der Waals surface area contributed by atoms with Gasteiger partial charge in [0.15, 0.2) is 0 Å². The number of nitrogens with two attached hydrogens (primary N) is 1. The summed E-state index contributed by atoms with van der Waals surface area (Å²) in [6, 6.07) is 0.127. The molecule has 0 fully saturated rings. The van der Waals surface area contributed by atoms with Gasteiger partial charge in [-0.2, -0.15) is 0 Å². The molecule has 1 atom stereocenters. The summed E-state index contributed by atoms with van der Waals surface area (Å²) in [6.45, 7) is 4.77. The largest absolute Gasteiger partial charge is 0.450 e. The number of nitrogens with zero attached hydrogens (tertiary/aromatic N) is 1. The fourth-order valence-corrected chi connectivity index (χ4v) is 0.722. The van der Waals surface area contributed by atoms with E-state index in [1.165, 1.54) is 4.90 Å². The molecule has 0 aliphatic rings. The van der Waals surface area contributed by atoms with Crippen LogP contribution in [0, 0.1) is 0 Å². The van der Waals surface area contributed by atoms with Crippen LogP contribution in [-0.4, -0.2) is 37.2 Å². The fraction of sp³-hybridized carbons (Fsp3) is 0.875. The van der Waals surface area contributed by atoms with E-state index in [4.69, 9.17) is 10.5 Å². The maximum absolute atomic E-state index is 11.0. The second-order valence-electron chi connectivity index (χ2n) is 2.89. The summed E-state index contributed by atoms with van der Waals surface area (Å²) in [5.74, 6) is 0. The minimum absolute atomic E-state index is 0.127. The van der Waals surface area contributed by atoms with E-state index in [-0.39, 0.29) is 12.1 Å². The van der Waals surface area contributed by atoms with Crippen LogP contribution >= 0.6 is 0 Å². The van der Waals surface area contributed by atoms with Crippen molar-refractivity contribution < 1.29 is 9.53 Å². The van der Waals surface area contributed by atoms with Gasteiger partial charge in [-0.15, -0.1) is 0 Å². The highest BCUT2D eigenvalue weighted by Crippen LogP contribution is 1.94. The standard InChI is InChI=1S/C8H18N2O2/c1-4-12-8(11)10(3)6-5-7(2)9/h7H,4-6,9H2,1-3H3. The van der Waals surface area contributed by atoms with E-state index in [0.717, 1.165) is 6.42 Å². The number of hydrogen-bond donors (Lipinski definition) is 1. The first-order chi connectivity index (χ1) is 5.57. The normalized spacial score (nSPS) is 12.3. The van der Waals surface area contributed by atoms with Crippen LogP contribution in [0.5, 0.6) is 0 Å². The van der Waals surface area contributed by atoms with E-state index in [1.54, 1.807) is 14.0 Å². The molecule has 1 amide bonds. The second kappa shape index (κ2) is 5.83. The third-order valence-corrected chi connectivity index (χ3v) is 1.50. The third kappa shape index (κ3) is 4.96. The Bertz CT molecular complexity index is 137. The molecule has 0 aromatic rings. The van der Waals surface area contributed by atoms with Crippen LogP contribution in [0.15, 0.2) is 0 Å². The summed E-state index contributed by atoms with van der Waals surface area (Å²) in [7, 11) is 1.71. The summed E-state index contributed by atoms with van der Waals surface area (Å²) < 4.78 is 4.78. The van der Waals surface area contributed by atoms with E-state index in [1.807, 2.05) is 6.92 Å².